The molecule has 24 heavy (non-hydrogen) atoms. The van der Waals surface area contributed by atoms with E-state index in [9.17, 15) is 4.79 Å². The molecule has 1 aliphatic carbocycles. The zero-order valence-corrected chi connectivity index (χ0v) is 15.6. The molecule has 1 rings (SSSR count). The molecule has 0 heterocycles. The molecule has 1 amide bonds. The summed E-state index contributed by atoms with van der Waals surface area (Å²) in [5.74, 6) is 1.30. The highest BCUT2D eigenvalue weighted by atomic mass is 16.5. The van der Waals surface area contributed by atoms with Gasteiger partial charge in [-0.25, -0.2) is 0 Å². The largest absolute Gasteiger partial charge is 0.385 e. The number of nitrogens with zero attached hydrogens (tertiary/aromatic N) is 2. The minimum Gasteiger partial charge on any atom is -0.385 e. The fourth-order valence-corrected chi connectivity index (χ4v) is 2.50. The lowest BCUT2D eigenvalue weighted by Gasteiger charge is -2.24. The Morgan fingerprint density at radius 3 is 2.46 bits per heavy atom. The summed E-state index contributed by atoms with van der Waals surface area (Å²) in [7, 11) is 5.62. The molecule has 0 aromatic heterocycles. The summed E-state index contributed by atoms with van der Waals surface area (Å²) in [6, 6.07) is 0. The third-order valence-electron chi connectivity index (χ3n) is 4.32. The molecule has 140 valence electrons. The number of carbonyl (C=O) groups excluding carboxylic acids is 1. The lowest BCUT2D eigenvalue weighted by atomic mass is 9.85. The Hall–Kier alpha value is -1.34. The maximum atomic E-state index is 11.7. The van der Waals surface area contributed by atoms with Crippen LogP contribution in [0.25, 0.3) is 0 Å². The molecule has 0 aromatic carbocycles. The van der Waals surface area contributed by atoms with Crippen molar-refractivity contribution in [3.63, 3.8) is 0 Å². The number of hydrogen-bond acceptors (Lipinski definition) is 4. The molecule has 0 aliphatic heterocycles. The van der Waals surface area contributed by atoms with Crippen LogP contribution in [0.1, 0.15) is 32.1 Å². The van der Waals surface area contributed by atoms with Crippen LogP contribution in [0.4, 0.5) is 0 Å². The molecule has 0 spiro atoms. The number of carbonyl (C=O) groups is 1. The maximum absolute atomic E-state index is 11.7. The summed E-state index contributed by atoms with van der Waals surface area (Å²) in [5, 5.41) is 9.58. The first-order chi connectivity index (χ1) is 11.7. The number of likely N-dealkylation sites (N-methyl/N-ethyl adjacent to an activating group) is 1. The van der Waals surface area contributed by atoms with Gasteiger partial charge in [0.2, 0.25) is 5.91 Å². The van der Waals surface area contributed by atoms with Gasteiger partial charge in [0, 0.05) is 59.4 Å². The van der Waals surface area contributed by atoms with Gasteiger partial charge in [-0.15, -0.1) is 0 Å². The van der Waals surface area contributed by atoms with E-state index < -0.39 is 0 Å². The van der Waals surface area contributed by atoms with Crippen LogP contribution in [0.15, 0.2) is 4.99 Å². The first-order valence-corrected chi connectivity index (χ1v) is 9.07. The van der Waals surface area contributed by atoms with Crippen molar-refractivity contribution >= 4 is 11.9 Å². The van der Waals surface area contributed by atoms with E-state index in [1.165, 1.54) is 6.42 Å². The summed E-state index contributed by atoms with van der Waals surface area (Å²) >= 11 is 0. The highest BCUT2D eigenvalue weighted by Gasteiger charge is 2.24. The Morgan fingerprint density at radius 1 is 1.12 bits per heavy atom. The van der Waals surface area contributed by atoms with Crippen LogP contribution < -0.4 is 16.0 Å². The van der Waals surface area contributed by atoms with Crippen LogP contribution in [0, 0.1) is 5.92 Å². The molecule has 0 atom stereocenters. The Balaban J connectivity index is 1.98. The van der Waals surface area contributed by atoms with Crippen LogP contribution in [-0.4, -0.2) is 77.3 Å². The van der Waals surface area contributed by atoms with E-state index in [4.69, 9.17) is 4.74 Å². The fourth-order valence-electron chi connectivity index (χ4n) is 2.50. The lowest BCUT2D eigenvalue weighted by Crippen LogP contribution is -2.42. The summed E-state index contributed by atoms with van der Waals surface area (Å²) in [5.41, 5.74) is 0. The van der Waals surface area contributed by atoms with Crippen molar-refractivity contribution in [2.24, 2.45) is 10.9 Å². The van der Waals surface area contributed by atoms with Crippen LogP contribution in [0.3, 0.4) is 0 Å². The second-order valence-corrected chi connectivity index (χ2v) is 6.35. The number of methoxy groups -OCH3 is 1. The molecule has 7 heteroatoms. The second kappa shape index (κ2) is 13.0. The van der Waals surface area contributed by atoms with Crippen molar-refractivity contribution in [2.75, 3.05) is 60.5 Å². The molecule has 7 nitrogen and oxygen atoms in total. The van der Waals surface area contributed by atoms with Crippen molar-refractivity contribution in [1.82, 2.24) is 20.9 Å². The van der Waals surface area contributed by atoms with E-state index in [2.05, 4.69) is 32.9 Å². The molecule has 3 N–H and O–H groups in total. The molecule has 1 aliphatic rings. The second-order valence-electron chi connectivity index (χ2n) is 6.35. The minimum absolute atomic E-state index is 0.222. The van der Waals surface area contributed by atoms with Gasteiger partial charge in [0.05, 0.1) is 0 Å². The molecule has 1 fully saturated rings. The number of aliphatic imine (C=N–C) groups is 1. The lowest BCUT2D eigenvalue weighted by molar-refractivity contribution is -0.127. The standard InChI is InChI=1S/C17H35N5O2/c1-18-17(21-11-13-22(2)12-6-14-24-3)20-10-5-9-19-16(23)15-7-4-8-15/h15H,4-14H2,1-3H3,(H,19,23)(H2,18,20,21). The summed E-state index contributed by atoms with van der Waals surface area (Å²) < 4.78 is 5.06. The van der Waals surface area contributed by atoms with Gasteiger partial charge < -0.3 is 25.6 Å². The normalized spacial score (nSPS) is 15.2. The van der Waals surface area contributed by atoms with Gasteiger partial charge in [0.15, 0.2) is 5.96 Å². The highest BCUT2D eigenvalue weighted by Crippen LogP contribution is 2.25. The monoisotopic (exact) mass is 341 g/mol. The van der Waals surface area contributed by atoms with E-state index in [1.54, 1.807) is 14.2 Å². The van der Waals surface area contributed by atoms with Gasteiger partial charge in [-0.1, -0.05) is 6.42 Å². The topological polar surface area (TPSA) is 78.0 Å². The summed E-state index contributed by atoms with van der Waals surface area (Å²) in [4.78, 5) is 18.2. The van der Waals surface area contributed by atoms with Gasteiger partial charge in [-0.3, -0.25) is 9.79 Å². The summed E-state index contributed by atoms with van der Waals surface area (Å²) in [6.45, 7) is 5.17. The molecule has 0 bridgehead atoms. The van der Waals surface area contributed by atoms with Gasteiger partial charge >= 0.3 is 0 Å². The Kier molecular flexibility index (Phi) is 11.2. The predicted octanol–water partition coefficient (Wildman–Crippen LogP) is 0.426. The van der Waals surface area contributed by atoms with Crippen molar-refractivity contribution in [3.8, 4) is 0 Å². The molecule has 0 radical (unpaired) electrons. The number of rotatable bonds is 12. The molecular weight excluding hydrogens is 306 g/mol. The molecule has 0 unspecified atom stereocenters. The highest BCUT2D eigenvalue weighted by molar-refractivity contribution is 5.80. The molecule has 1 saturated carbocycles. The van der Waals surface area contributed by atoms with Crippen LogP contribution in [0.2, 0.25) is 0 Å². The van der Waals surface area contributed by atoms with E-state index in [0.29, 0.717) is 0 Å². The predicted molar refractivity (Wildman–Crippen MR) is 98.3 cm³/mol. The van der Waals surface area contributed by atoms with Gasteiger partial charge in [-0.05, 0) is 32.7 Å². The Bertz CT molecular complexity index is 372. The minimum atomic E-state index is 0.222. The number of hydrogen-bond donors (Lipinski definition) is 3. The van der Waals surface area contributed by atoms with Crippen molar-refractivity contribution in [2.45, 2.75) is 32.1 Å². The number of amides is 1. The van der Waals surface area contributed by atoms with E-state index in [0.717, 1.165) is 71.0 Å². The average molecular weight is 342 g/mol. The molecule has 0 saturated heterocycles. The maximum Gasteiger partial charge on any atom is 0.223 e. The third kappa shape index (κ3) is 9.08. The van der Waals surface area contributed by atoms with Gasteiger partial charge in [0.25, 0.3) is 0 Å². The third-order valence-corrected chi connectivity index (χ3v) is 4.32. The zero-order valence-electron chi connectivity index (χ0n) is 15.6. The SMILES string of the molecule is CN=C(NCCCNC(=O)C1CCC1)NCCN(C)CCCOC. The number of nitrogens with one attached hydrogen (secondary N) is 3. The van der Waals surface area contributed by atoms with E-state index in [-0.39, 0.29) is 11.8 Å². The van der Waals surface area contributed by atoms with Crippen molar-refractivity contribution in [1.29, 1.82) is 0 Å². The van der Waals surface area contributed by atoms with Crippen molar-refractivity contribution in [3.05, 3.63) is 0 Å². The Morgan fingerprint density at radius 2 is 1.83 bits per heavy atom. The van der Waals surface area contributed by atoms with Crippen LogP contribution in [0.5, 0.6) is 0 Å². The first kappa shape index (κ1) is 20.7. The smallest absolute Gasteiger partial charge is 0.223 e. The van der Waals surface area contributed by atoms with Crippen LogP contribution >= 0.6 is 0 Å². The Labute approximate surface area is 146 Å². The van der Waals surface area contributed by atoms with Gasteiger partial charge in [-0.2, -0.15) is 0 Å². The van der Waals surface area contributed by atoms with Crippen LogP contribution in [-0.2, 0) is 9.53 Å². The van der Waals surface area contributed by atoms with Gasteiger partial charge in [0.1, 0.15) is 0 Å². The zero-order chi connectivity index (χ0) is 17.6. The average Bonchev–Trinajstić information content (AvgIpc) is 2.51. The quantitative estimate of drug-likeness (QED) is 0.273. The molecule has 0 aromatic rings. The number of guanidine groups is 1. The fraction of sp³-hybridized carbons (Fsp3) is 0.882. The number of ether oxygens (including phenoxy) is 1. The van der Waals surface area contributed by atoms with Crippen molar-refractivity contribution < 1.29 is 9.53 Å². The summed E-state index contributed by atoms with van der Waals surface area (Å²) in [6.07, 6.45) is 5.26. The first-order valence-electron chi connectivity index (χ1n) is 9.07. The molecular formula is C17H35N5O2. The van der Waals surface area contributed by atoms with E-state index >= 15 is 0 Å². The van der Waals surface area contributed by atoms with E-state index in [1.807, 2.05) is 0 Å².